The average Bonchev–Trinajstić information content (AvgIpc) is 2.53. The smallest absolute Gasteiger partial charge is 0.328 e. The molecule has 0 amide bonds. The van der Waals surface area contributed by atoms with E-state index in [0.717, 1.165) is 0 Å². The van der Waals surface area contributed by atoms with Crippen LogP contribution in [-0.4, -0.2) is 28.2 Å². The Balaban J connectivity index is 0.000000249. The molecule has 1 atom stereocenters. The van der Waals surface area contributed by atoms with Gasteiger partial charge in [-0.1, -0.05) is 0 Å². The molecule has 0 spiro atoms. The third-order valence-corrected chi connectivity index (χ3v) is 1.15. The number of hydrogen-bond acceptors (Lipinski definition) is 4. The molecule has 0 fully saturated rings. The molecule has 0 aromatic carbocycles. The summed E-state index contributed by atoms with van der Waals surface area (Å²) in [5.74, 6) is -2.51. The fourth-order valence-electron chi connectivity index (χ4n) is 0.563. The average molecular weight is 200 g/mol. The number of carboxylic acid groups (broad SMARTS) is 2. The fourth-order valence-corrected chi connectivity index (χ4v) is 0.563. The van der Waals surface area contributed by atoms with Crippen LogP contribution in [0.1, 0.15) is 6.92 Å². The molecule has 0 bridgehead atoms. The van der Waals surface area contributed by atoms with E-state index >= 15 is 0 Å². The van der Waals surface area contributed by atoms with E-state index in [4.69, 9.17) is 10.2 Å². The van der Waals surface area contributed by atoms with Gasteiger partial charge in [0.2, 0.25) is 0 Å². The van der Waals surface area contributed by atoms with Crippen molar-refractivity contribution in [3.05, 3.63) is 24.4 Å². The van der Waals surface area contributed by atoms with E-state index in [9.17, 15) is 9.59 Å². The molecule has 78 valence electrons. The monoisotopic (exact) mass is 200 g/mol. The number of hydrazine groups is 1. The number of carboxylic acids is 2. The molecule has 4 N–H and O–H groups in total. The van der Waals surface area contributed by atoms with Gasteiger partial charge in [-0.15, -0.1) is 0 Å². The molecular weight excluding hydrogens is 188 g/mol. The topological polar surface area (TPSA) is 98.7 Å². The van der Waals surface area contributed by atoms with E-state index in [0.29, 0.717) is 18.2 Å². The Bertz CT molecular complexity index is 244. The Kier molecular flexibility index (Phi) is 5.80. The van der Waals surface area contributed by atoms with E-state index in [2.05, 4.69) is 23.9 Å². The molecule has 1 heterocycles. The Hall–Kier alpha value is -1.82. The van der Waals surface area contributed by atoms with Crippen LogP contribution in [0.4, 0.5) is 0 Å². The van der Waals surface area contributed by atoms with Crippen LogP contribution >= 0.6 is 0 Å². The van der Waals surface area contributed by atoms with Gasteiger partial charge in [0.15, 0.2) is 0 Å². The van der Waals surface area contributed by atoms with E-state index in [1.165, 1.54) is 0 Å². The summed E-state index contributed by atoms with van der Waals surface area (Å²) in [6, 6.07) is 0.505. The molecule has 0 radical (unpaired) electrons. The second-order valence-corrected chi connectivity index (χ2v) is 2.45. The van der Waals surface area contributed by atoms with Crippen LogP contribution in [-0.2, 0) is 9.59 Å². The minimum absolute atomic E-state index is 0.505. The van der Waals surface area contributed by atoms with Crippen LogP contribution in [0.3, 0.4) is 0 Å². The highest BCUT2D eigenvalue weighted by Gasteiger charge is 1.95. The Labute approximate surface area is 80.9 Å². The van der Waals surface area contributed by atoms with Crippen LogP contribution in [0.5, 0.6) is 0 Å². The molecule has 0 aromatic heterocycles. The first-order chi connectivity index (χ1) is 6.52. The maximum atomic E-state index is 9.55. The zero-order chi connectivity index (χ0) is 11.0. The third-order valence-electron chi connectivity index (χ3n) is 1.15. The van der Waals surface area contributed by atoms with Gasteiger partial charge in [-0.25, -0.2) is 15.0 Å². The largest absolute Gasteiger partial charge is 0.478 e. The van der Waals surface area contributed by atoms with Crippen LogP contribution in [0.15, 0.2) is 24.4 Å². The van der Waals surface area contributed by atoms with Gasteiger partial charge in [-0.3, -0.25) is 0 Å². The first-order valence-electron chi connectivity index (χ1n) is 3.84. The SMILES string of the molecule is CC1C=CNN1.O=C(O)/C=C\C(=O)O. The van der Waals surface area contributed by atoms with Crippen LogP contribution in [0, 0.1) is 0 Å². The first-order valence-corrected chi connectivity index (χ1v) is 3.84. The molecule has 0 saturated carbocycles. The number of rotatable bonds is 2. The zero-order valence-electron chi connectivity index (χ0n) is 7.60. The van der Waals surface area contributed by atoms with E-state index in [1.807, 2.05) is 6.20 Å². The maximum absolute atomic E-state index is 9.55. The van der Waals surface area contributed by atoms with Gasteiger partial charge in [-0.2, -0.15) is 0 Å². The standard InChI is InChI=1S/C4H8N2.C4H4O4/c1-4-2-3-5-6-4;5-3(6)1-2-4(7)8/h2-6H,1H3;1-2H,(H,5,6)(H,7,8)/b;2-1-. The molecule has 14 heavy (non-hydrogen) atoms. The Morgan fingerprint density at radius 3 is 1.93 bits per heavy atom. The highest BCUT2D eigenvalue weighted by Crippen LogP contribution is 1.84. The van der Waals surface area contributed by atoms with Crippen molar-refractivity contribution in [3.63, 3.8) is 0 Å². The van der Waals surface area contributed by atoms with Crippen molar-refractivity contribution in [1.29, 1.82) is 0 Å². The zero-order valence-corrected chi connectivity index (χ0v) is 7.60. The minimum atomic E-state index is -1.26. The summed E-state index contributed by atoms with van der Waals surface area (Å²) >= 11 is 0. The number of carbonyl (C=O) groups is 2. The van der Waals surface area contributed by atoms with Crippen molar-refractivity contribution in [1.82, 2.24) is 10.9 Å². The summed E-state index contributed by atoms with van der Waals surface area (Å²) in [7, 11) is 0. The van der Waals surface area contributed by atoms with Crippen LogP contribution in [0.2, 0.25) is 0 Å². The van der Waals surface area contributed by atoms with Gasteiger partial charge in [0, 0.05) is 24.4 Å². The van der Waals surface area contributed by atoms with E-state index < -0.39 is 11.9 Å². The minimum Gasteiger partial charge on any atom is -0.478 e. The third kappa shape index (κ3) is 8.28. The van der Waals surface area contributed by atoms with Gasteiger partial charge in [0.25, 0.3) is 0 Å². The van der Waals surface area contributed by atoms with Crippen molar-refractivity contribution in [2.75, 3.05) is 0 Å². The quantitative estimate of drug-likeness (QED) is 0.457. The van der Waals surface area contributed by atoms with Gasteiger partial charge in [-0.05, 0) is 13.0 Å². The highest BCUT2D eigenvalue weighted by molar-refractivity contribution is 5.89. The van der Waals surface area contributed by atoms with Crippen molar-refractivity contribution in [2.45, 2.75) is 13.0 Å². The molecule has 0 aromatic rings. The van der Waals surface area contributed by atoms with Crippen molar-refractivity contribution in [2.24, 2.45) is 0 Å². The molecule has 1 rings (SSSR count). The number of aliphatic carboxylic acids is 2. The summed E-state index contributed by atoms with van der Waals surface area (Å²) in [6.45, 7) is 2.08. The van der Waals surface area contributed by atoms with Crippen molar-refractivity contribution >= 4 is 11.9 Å². The van der Waals surface area contributed by atoms with Gasteiger partial charge < -0.3 is 15.6 Å². The fraction of sp³-hybridized carbons (Fsp3) is 0.250. The highest BCUT2D eigenvalue weighted by atomic mass is 16.4. The summed E-state index contributed by atoms with van der Waals surface area (Å²) < 4.78 is 0. The molecule has 1 unspecified atom stereocenters. The van der Waals surface area contributed by atoms with Gasteiger partial charge in [0.05, 0.1) is 0 Å². The molecule has 0 aliphatic carbocycles. The number of hydrogen-bond donors (Lipinski definition) is 4. The van der Waals surface area contributed by atoms with E-state index in [1.54, 1.807) is 0 Å². The first kappa shape index (κ1) is 12.2. The molecule has 1 aliphatic rings. The number of nitrogens with one attached hydrogen (secondary N) is 2. The van der Waals surface area contributed by atoms with Crippen LogP contribution in [0.25, 0.3) is 0 Å². The lowest BCUT2D eigenvalue weighted by atomic mass is 10.4. The molecule has 1 aliphatic heterocycles. The molecule has 0 saturated heterocycles. The maximum Gasteiger partial charge on any atom is 0.328 e. The molecular formula is C8H12N2O4. The Morgan fingerprint density at radius 1 is 1.29 bits per heavy atom. The summed E-state index contributed by atoms with van der Waals surface area (Å²) in [4.78, 5) is 19.1. The predicted octanol–water partition coefficient (Wildman–Crippen LogP) is -0.292. The second-order valence-electron chi connectivity index (χ2n) is 2.45. The van der Waals surface area contributed by atoms with Gasteiger partial charge in [0.1, 0.15) is 0 Å². The Morgan fingerprint density at radius 2 is 1.79 bits per heavy atom. The lowest BCUT2D eigenvalue weighted by Crippen LogP contribution is -2.27. The second kappa shape index (κ2) is 6.67. The molecule has 6 nitrogen and oxygen atoms in total. The summed E-state index contributed by atoms with van der Waals surface area (Å²) in [6.07, 6.45) is 5.06. The normalized spacial score (nSPS) is 18.5. The van der Waals surface area contributed by atoms with Gasteiger partial charge >= 0.3 is 11.9 Å². The lowest BCUT2D eigenvalue weighted by Gasteiger charge is -1.95. The summed E-state index contributed by atoms with van der Waals surface area (Å²) in [5.41, 5.74) is 5.80. The predicted molar refractivity (Wildman–Crippen MR) is 49.3 cm³/mol. The summed E-state index contributed by atoms with van der Waals surface area (Å²) in [5, 5.41) is 15.6. The van der Waals surface area contributed by atoms with Crippen molar-refractivity contribution < 1.29 is 19.8 Å². The molecule has 6 heteroatoms. The lowest BCUT2D eigenvalue weighted by molar-refractivity contribution is -0.134. The van der Waals surface area contributed by atoms with Crippen LogP contribution < -0.4 is 10.9 Å². The van der Waals surface area contributed by atoms with Crippen molar-refractivity contribution in [3.8, 4) is 0 Å². The van der Waals surface area contributed by atoms with E-state index in [-0.39, 0.29) is 0 Å².